The van der Waals surface area contributed by atoms with Crippen LogP contribution in [0, 0.1) is 5.92 Å². The van der Waals surface area contributed by atoms with Crippen molar-refractivity contribution in [2.24, 2.45) is 5.92 Å². The van der Waals surface area contributed by atoms with Crippen molar-refractivity contribution in [1.82, 2.24) is 29.7 Å². The number of anilines is 1. The van der Waals surface area contributed by atoms with Gasteiger partial charge in [0, 0.05) is 23.4 Å². The number of nitrogens with one attached hydrogen (secondary N) is 1. The van der Waals surface area contributed by atoms with Crippen molar-refractivity contribution in [3.63, 3.8) is 0 Å². The third-order valence-electron chi connectivity index (χ3n) is 4.38. The molecule has 0 bridgehead atoms. The molecule has 0 aliphatic rings. The Hall–Kier alpha value is -2.81. The molecule has 4 aromatic rings. The van der Waals surface area contributed by atoms with Crippen LogP contribution < -0.4 is 5.32 Å². The molecule has 0 radical (unpaired) electrons. The molecule has 0 saturated carbocycles. The van der Waals surface area contributed by atoms with E-state index in [9.17, 15) is 0 Å². The first-order chi connectivity index (χ1) is 13.3. The third kappa shape index (κ3) is 3.62. The minimum atomic E-state index is -0.157. The largest absolute Gasteiger partial charge is 0.348 e. The van der Waals surface area contributed by atoms with Gasteiger partial charge in [0.25, 0.3) is 0 Å². The van der Waals surface area contributed by atoms with Crippen molar-refractivity contribution in [3.05, 3.63) is 42.3 Å². The van der Waals surface area contributed by atoms with Gasteiger partial charge in [-0.05, 0) is 18.1 Å². The first kappa shape index (κ1) is 18.5. The molecule has 8 nitrogen and oxygen atoms in total. The maximum atomic E-state index is 5.54. The Kier molecular flexibility index (Phi) is 4.62. The zero-order valence-electron chi connectivity index (χ0n) is 16.5. The van der Waals surface area contributed by atoms with Gasteiger partial charge in [-0.1, -0.05) is 51.1 Å². The van der Waals surface area contributed by atoms with E-state index in [2.05, 4.69) is 60.2 Å². The van der Waals surface area contributed by atoms with Gasteiger partial charge in [0.1, 0.15) is 6.04 Å². The highest BCUT2D eigenvalue weighted by Crippen LogP contribution is 2.30. The first-order valence-corrected chi connectivity index (χ1v) is 10.00. The van der Waals surface area contributed by atoms with Crippen LogP contribution in [0.3, 0.4) is 0 Å². The van der Waals surface area contributed by atoms with Gasteiger partial charge in [0.2, 0.25) is 21.8 Å². The summed E-state index contributed by atoms with van der Waals surface area (Å²) in [6.45, 7) is 10.6. The van der Waals surface area contributed by atoms with Crippen molar-refractivity contribution < 1.29 is 4.52 Å². The molecule has 1 atom stereocenters. The number of pyridine rings is 1. The van der Waals surface area contributed by atoms with Crippen LogP contribution in [0.4, 0.5) is 5.13 Å². The Morgan fingerprint density at radius 1 is 1.21 bits per heavy atom. The summed E-state index contributed by atoms with van der Waals surface area (Å²) in [6, 6.07) is 3.60. The van der Waals surface area contributed by atoms with Crippen molar-refractivity contribution in [1.29, 1.82) is 0 Å². The average molecular weight is 398 g/mol. The number of hydrogen-bond acceptors (Lipinski definition) is 8. The fourth-order valence-corrected chi connectivity index (χ4v) is 3.56. The van der Waals surface area contributed by atoms with E-state index in [1.807, 2.05) is 22.8 Å². The lowest BCUT2D eigenvalue weighted by atomic mass is 9.93. The molecule has 1 N–H and O–H groups in total. The van der Waals surface area contributed by atoms with E-state index in [1.165, 1.54) is 11.3 Å². The van der Waals surface area contributed by atoms with E-state index >= 15 is 0 Å². The molecule has 1 unspecified atom stereocenters. The van der Waals surface area contributed by atoms with Gasteiger partial charge < -0.3 is 9.84 Å². The monoisotopic (exact) mass is 397 g/mol. The van der Waals surface area contributed by atoms with E-state index in [0.717, 1.165) is 21.3 Å². The van der Waals surface area contributed by atoms with Crippen LogP contribution in [0.25, 0.3) is 16.3 Å². The lowest BCUT2D eigenvalue weighted by Crippen LogP contribution is -2.17. The minimum Gasteiger partial charge on any atom is -0.348 e. The molecular weight excluding hydrogens is 374 g/mol. The summed E-state index contributed by atoms with van der Waals surface area (Å²) in [5, 5.41) is 12.9. The second kappa shape index (κ2) is 6.97. The lowest BCUT2D eigenvalue weighted by molar-refractivity contribution is 0.336. The van der Waals surface area contributed by atoms with Crippen LogP contribution in [0.15, 0.2) is 35.2 Å². The molecule has 28 heavy (non-hydrogen) atoms. The molecule has 0 aliphatic carbocycles. The molecule has 9 heteroatoms. The number of nitrogens with zero attached hydrogens (tertiary/aromatic N) is 6. The van der Waals surface area contributed by atoms with Gasteiger partial charge in [-0.2, -0.15) is 4.98 Å². The second-order valence-electron chi connectivity index (χ2n) is 8.07. The fraction of sp³-hybridized carbons (Fsp3) is 0.421. The molecule has 0 aromatic carbocycles. The molecule has 0 amide bonds. The molecule has 4 heterocycles. The molecule has 0 saturated heterocycles. The number of aromatic nitrogens is 6. The van der Waals surface area contributed by atoms with Gasteiger partial charge in [-0.3, -0.25) is 4.98 Å². The number of imidazole rings is 1. The molecule has 146 valence electrons. The summed E-state index contributed by atoms with van der Waals surface area (Å²) >= 11 is 1.51. The van der Waals surface area contributed by atoms with Crippen molar-refractivity contribution >= 4 is 21.4 Å². The maximum Gasteiger partial charge on any atom is 0.249 e. The Morgan fingerprint density at radius 2 is 2.04 bits per heavy atom. The molecular formula is C19H23N7OS. The van der Waals surface area contributed by atoms with Crippen LogP contribution in [0.5, 0.6) is 0 Å². The lowest BCUT2D eigenvalue weighted by Gasteiger charge is -2.17. The third-order valence-corrected chi connectivity index (χ3v) is 5.24. The van der Waals surface area contributed by atoms with Gasteiger partial charge in [0.05, 0.1) is 11.9 Å². The maximum absolute atomic E-state index is 5.54. The topological polar surface area (TPSA) is 94.0 Å². The van der Waals surface area contributed by atoms with Crippen LogP contribution in [-0.2, 0) is 5.41 Å². The summed E-state index contributed by atoms with van der Waals surface area (Å²) in [7, 11) is 0. The predicted molar refractivity (Wildman–Crippen MR) is 108 cm³/mol. The van der Waals surface area contributed by atoms with Gasteiger partial charge in [-0.25, -0.2) is 9.50 Å². The van der Waals surface area contributed by atoms with E-state index in [0.29, 0.717) is 11.7 Å². The zero-order chi connectivity index (χ0) is 19.9. The highest BCUT2D eigenvalue weighted by molar-refractivity contribution is 7.20. The predicted octanol–water partition coefficient (Wildman–Crippen LogP) is 4.34. The smallest absolute Gasteiger partial charge is 0.249 e. The van der Waals surface area contributed by atoms with E-state index < -0.39 is 0 Å². The van der Waals surface area contributed by atoms with Crippen molar-refractivity contribution in [2.45, 2.75) is 46.1 Å². The van der Waals surface area contributed by atoms with Crippen LogP contribution >= 0.6 is 11.3 Å². The van der Waals surface area contributed by atoms with Crippen molar-refractivity contribution in [2.75, 3.05) is 5.32 Å². The second-order valence-corrected chi connectivity index (χ2v) is 9.03. The minimum absolute atomic E-state index is 0.00602. The van der Waals surface area contributed by atoms with E-state index in [4.69, 9.17) is 9.51 Å². The van der Waals surface area contributed by atoms with Gasteiger partial charge in [0.15, 0.2) is 0 Å². The van der Waals surface area contributed by atoms with Gasteiger partial charge >= 0.3 is 0 Å². The fourth-order valence-electron chi connectivity index (χ4n) is 2.74. The highest BCUT2D eigenvalue weighted by Gasteiger charge is 2.25. The average Bonchev–Trinajstić information content (AvgIpc) is 3.34. The Morgan fingerprint density at radius 3 is 2.68 bits per heavy atom. The summed E-state index contributed by atoms with van der Waals surface area (Å²) in [5.74, 6) is 1.28. The molecule has 4 rings (SSSR count). The standard InChI is InChI=1S/C19H23N7OS/c1-11(2)14(16-23-15(25-27-16)12-7-6-8-20-9-12)22-17-24-26-10-13(19(3,4)5)21-18(26)28-17/h6-11,14H,1-5H3,(H,22,24). The SMILES string of the molecule is CC(C)C(Nc1nn2cc(C(C)(C)C)nc2s1)c1nc(-c2cccnc2)no1. The Balaban J connectivity index is 1.58. The molecule has 4 aromatic heterocycles. The normalized spacial score (nSPS) is 13.4. The summed E-state index contributed by atoms with van der Waals surface area (Å²) in [4.78, 5) is 14.2. The quantitative estimate of drug-likeness (QED) is 0.535. The number of rotatable bonds is 5. The summed E-state index contributed by atoms with van der Waals surface area (Å²) in [5.41, 5.74) is 1.84. The van der Waals surface area contributed by atoms with Crippen LogP contribution in [-0.4, -0.2) is 29.7 Å². The highest BCUT2D eigenvalue weighted by atomic mass is 32.1. The van der Waals surface area contributed by atoms with Crippen LogP contribution in [0.2, 0.25) is 0 Å². The van der Waals surface area contributed by atoms with Gasteiger partial charge in [-0.15, -0.1) is 5.10 Å². The molecule has 0 spiro atoms. The molecule has 0 fully saturated rings. The number of fused-ring (bicyclic) bond motifs is 1. The Labute approximate surface area is 167 Å². The summed E-state index contributed by atoms with van der Waals surface area (Å²) < 4.78 is 7.36. The summed E-state index contributed by atoms with van der Waals surface area (Å²) in [6.07, 6.45) is 5.41. The number of hydrogen-bond donors (Lipinski definition) is 1. The van der Waals surface area contributed by atoms with Crippen molar-refractivity contribution in [3.8, 4) is 11.4 Å². The van der Waals surface area contributed by atoms with E-state index in [1.54, 1.807) is 12.4 Å². The Bertz CT molecular complexity index is 1040. The zero-order valence-corrected chi connectivity index (χ0v) is 17.4. The first-order valence-electron chi connectivity index (χ1n) is 9.18. The van der Waals surface area contributed by atoms with Crippen LogP contribution in [0.1, 0.15) is 52.2 Å². The van der Waals surface area contributed by atoms with E-state index in [-0.39, 0.29) is 17.4 Å². The molecule has 0 aliphatic heterocycles.